The van der Waals surface area contributed by atoms with E-state index in [-0.39, 0.29) is 10.8 Å². The molecule has 0 saturated carbocycles. The molecule has 26 heavy (non-hydrogen) atoms. The first-order valence-electron chi connectivity index (χ1n) is 9.69. The molecule has 0 aliphatic carbocycles. The van der Waals surface area contributed by atoms with Crippen LogP contribution < -0.4 is 0 Å². The van der Waals surface area contributed by atoms with E-state index in [2.05, 4.69) is 115 Å². The fraction of sp³-hybridized carbons (Fsp3) is 0.542. The zero-order valence-electron chi connectivity index (χ0n) is 18.2. The van der Waals surface area contributed by atoms with Gasteiger partial charge in [0.05, 0.1) is 5.41 Å². The summed E-state index contributed by atoms with van der Waals surface area (Å²) in [6.07, 6.45) is 17.0. The lowest BCUT2D eigenvalue weighted by atomic mass is 9.84. The van der Waals surface area contributed by atoms with Gasteiger partial charge in [0.25, 0.3) is 0 Å². The standard InChI is InChI=1S/C24H37N2/c1-18(10-12-21-23(4,5)14-16-25(21)8)20(3)19(2)11-13-22-24(6,7)15-17-26(22)9/h10-12,14-17,22H,13H2,1-9H3/q+1/b12-10?,19-11?,20-18-. The van der Waals surface area contributed by atoms with Crippen LogP contribution in [0.4, 0.5) is 0 Å². The third-order valence-corrected chi connectivity index (χ3v) is 6.17. The van der Waals surface area contributed by atoms with Crippen LogP contribution in [0.1, 0.15) is 54.9 Å². The van der Waals surface area contributed by atoms with Gasteiger partial charge in [-0.1, -0.05) is 37.6 Å². The van der Waals surface area contributed by atoms with Crippen molar-refractivity contribution in [1.82, 2.24) is 4.90 Å². The Hall–Kier alpha value is -1.83. The van der Waals surface area contributed by atoms with Crippen molar-refractivity contribution in [3.63, 3.8) is 0 Å². The largest absolute Gasteiger partial charge is 0.377 e. The summed E-state index contributed by atoms with van der Waals surface area (Å²) in [5, 5.41) is 0. The summed E-state index contributed by atoms with van der Waals surface area (Å²) in [5.74, 6) is 0. The first kappa shape index (κ1) is 20.5. The van der Waals surface area contributed by atoms with Crippen molar-refractivity contribution in [2.24, 2.45) is 10.8 Å². The minimum absolute atomic E-state index is 0.107. The molecule has 0 aromatic carbocycles. The lowest BCUT2D eigenvalue weighted by Gasteiger charge is -2.31. The van der Waals surface area contributed by atoms with Gasteiger partial charge in [-0.2, -0.15) is 0 Å². The van der Waals surface area contributed by atoms with Crippen molar-refractivity contribution in [1.29, 1.82) is 0 Å². The molecule has 2 aliphatic heterocycles. The molecule has 1 unspecified atom stereocenters. The number of hydrogen-bond donors (Lipinski definition) is 0. The molecule has 0 saturated heterocycles. The van der Waals surface area contributed by atoms with Crippen molar-refractivity contribution in [2.75, 3.05) is 14.1 Å². The Kier molecular flexibility index (Phi) is 5.85. The van der Waals surface area contributed by atoms with Crippen LogP contribution in [0.25, 0.3) is 0 Å². The molecule has 0 bridgehead atoms. The van der Waals surface area contributed by atoms with E-state index in [0.717, 1.165) is 6.42 Å². The molecule has 1 atom stereocenters. The van der Waals surface area contributed by atoms with Crippen molar-refractivity contribution >= 4 is 5.71 Å². The van der Waals surface area contributed by atoms with Gasteiger partial charge in [0.1, 0.15) is 7.05 Å². The van der Waals surface area contributed by atoms with E-state index in [1.165, 1.54) is 22.4 Å². The maximum absolute atomic E-state index is 2.41. The first-order valence-corrected chi connectivity index (χ1v) is 9.69. The normalized spacial score (nSPS) is 25.7. The van der Waals surface area contributed by atoms with Crippen LogP contribution in [0, 0.1) is 10.8 Å². The van der Waals surface area contributed by atoms with Crippen LogP contribution in [-0.4, -0.2) is 35.3 Å². The average molecular weight is 354 g/mol. The van der Waals surface area contributed by atoms with E-state index in [1.807, 2.05) is 0 Å². The second-order valence-corrected chi connectivity index (χ2v) is 9.12. The number of nitrogens with zero attached hydrogens (tertiary/aromatic N) is 2. The van der Waals surface area contributed by atoms with Gasteiger partial charge in [0, 0.05) is 24.6 Å². The predicted octanol–water partition coefficient (Wildman–Crippen LogP) is 5.71. The topological polar surface area (TPSA) is 6.25 Å². The highest BCUT2D eigenvalue weighted by molar-refractivity contribution is 5.98. The molecule has 0 radical (unpaired) electrons. The summed E-state index contributed by atoms with van der Waals surface area (Å²) >= 11 is 0. The zero-order valence-corrected chi connectivity index (χ0v) is 18.2. The van der Waals surface area contributed by atoms with E-state index >= 15 is 0 Å². The molecule has 0 spiro atoms. The van der Waals surface area contributed by atoms with Gasteiger partial charge in [-0.25, -0.2) is 4.58 Å². The summed E-state index contributed by atoms with van der Waals surface area (Å²) in [6, 6.07) is 0.538. The van der Waals surface area contributed by atoms with Gasteiger partial charge in [-0.05, 0) is 64.5 Å². The Bertz CT molecular complexity index is 736. The number of allylic oxidation sites excluding steroid dienone is 6. The average Bonchev–Trinajstić information content (AvgIpc) is 2.97. The predicted molar refractivity (Wildman–Crippen MR) is 114 cm³/mol. The molecule has 0 amide bonds. The van der Waals surface area contributed by atoms with Gasteiger partial charge >= 0.3 is 0 Å². The van der Waals surface area contributed by atoms with Gasteiger partial charge in [0.15, 0.2) is 11.9 Å². The van der Waals surface area contributed by atoms with Gasteiger partial charge < -0.3 is 4.90 Å². The minimum Gasteiger partial charge on any atom is -0.377 e. The smallest absolute Gasteiger partial charge is 0.190 e. The van der Waals surface area contributed by atoms with E-state index in [0.29, 0.717) is 6.04 Å². The highest BCUT2D eigenvalue weighted by Crippen LogP contribution is 2.35. The summed E-state index contributed by atoms with van der Waals surface area (Å²) in [4.78, 5) is 2.34. The molecular formula is C24H37N2+. The SMILES string of the molecule is CC(=CCC1N(C)C=CC1(C)C)/C(C)=C(/C)C=CC1=[N+](C)C=CC1(C)C. The monoisotopic (exact) mass is 353 g/mol. The van der Waals surface area contributed by atoms with Crippen LogP contribution in [0.2, 0.25) is 0 Å². The first-order chi connectivity index (χ1) is 12.0. The Morgan fingerprint density at radius 1 is 1.15 bits per heavy atom. The molecule has 2 heterocycles. The van der Waals surface area contributed by atoms with Gasteiger partial charge in [0.2, 0.25) is 0 Å². The van der Waals surface area contributed by atoms with Crippen molar-refractivity contribution < 1.29 is 4.58 Å². The van der Waals surface area contributed by atoms with E-state index < -0.39 is 0 Å². The summed E-state index contributed by atoms with van der Waals surface area (Å²) in [6.45, 7) is 15.9. The maximum atomic E-state index is 2.41. The second kappa shape index (κ2) is 7.42. The Morgan fingerprint density at radius 2 is 1.81 bits per heavy atom. The Labute approximate surface area is 161 Å². The highest BCUT2D eigenvalue weighted by Gasteiger charge is 2.33. The summed E-state index contributed by atoms with van der Waals surface area (Å²) in [5.41, 5.74) is 5.77. The molecule has 0 fully saturated rings. The van der Waals surface area contributed by atoms with E-state index in [4.69, 9.17) is 0 Å². The quantitative estimate of drug-likeness (QED) is 0.453. The third-order valence-electron chi connectivity index (χ3n) is 6.17. The lowest BCUT2D eigenvalue weighted by molar-refractivity contribution is -0.419. The molecule has 2 rings (SSSR count). The zero-order chi connectivity index (χ0) is 19.7. The van der Waals surface area contributed by atoms with Gasteiger partial charge in [-0.15, -0.1) is 0 Å². The summed E-state index contributed by atoms with van der Waals surface area (Å²) in [7, 11) is 4.30. The molecule has 2 nitrogen and oxygen atoms in total. The Balaban J connectivity index is 2.12. The van der Waals surface area contributed by atoms with Crippen LogP contribution in [0.5, 0.6) is 0 Å². The lowest BCUT2D eigenvalue weighted by Crippen LogP contribution is -2.33. The number of rotatable bonds is 5. The van der Waals surface area contributed by atoms with E-state index in [1.54, 1.807) is 0 Å². The van der Waals surface area contributed by atoms with Crippen LogP contribution >= 0.6 is 0 Å². The highest BCUT2D eigenvalue weighted by atomic mass is 15.1. The Morgan fingerprint density at radius 3 is 2.31 bits per heavy atom. The second-order valence-electron chi connectivity index (χ2n) is 9.12. The van der Waals surface area contributed by atoms with Crippen molar-refractivity contribution in [2.45, 2.75) is 60.9 Å². The molecule has 0 aromatic heterocycles. The third kappa shape index (κ3) is 4.28. The molecule has 142 valence electrons. The number of hydrogen-bond acceptors (Lipinski definition) is 1. The fourth-order valence-electron chi connectivity index (χ4n) is 3.85. The van der Waals surface area contributed by atoms with Crippen LogP contribution in [0.15, 0.2) is 59.5 Å². The van der Waals surface area contributed by atoms with E-state index in [9.17, 15) is 0 Å². The molecule has 2 aliphatic rings. The van der Waals surface area contributed by atoms with Gasteiger partial charge in [-0.3, -0.25) is 0 Å². The van der Waals surface area contributed by atoms with Crippen LogP contribution in [-0.2, 0) is 0 Å². The van der Waals surface area contributed by atoms with Crippen molar-refractivity contribution in [3.8, 4) is 0 Å². The molecule has 0 N–H and O–H groups in total. The fourth-order valence-corrected chi connectivity index (χ4v) is 3.85. The van der Waals surface area contributed by atoms with Crippen molar-refractivity contribution in [3.05, 3.63) is 59.5 Å². The molecular weight excluding hydrogens is 316 g/mol. The molecule has 2 heteroatoms. The molecule has 0 aromatic rings. The maximum Gasteiger partial charge on any atom is 0.190 e. The van der Waals surface area contributed by atoms with Crippen LogP contribution in [0.3, 0.4) is 0 Å². The summed E-state index contributed by atoms with van der Waals surface area (Å²) < 4.78 is 2.22. The minimum atomic E-state index is 0.107.